The minimum Gasteiger partial charge on any atom is -0.309 e. The second-order valence-corrected chi connectivity index (χ2v) is 27.7. The third-order valence-electron chi connectivity index (χ3n) is 20.0. The maximum Gasteiger partial charge on any atom is 0.0629 e. The molecule has 2 aliphatic heterocycles. The molecule has 3 heteroatoms. The lowest BCUT2D eigenvalue weighted by Crippen LogP contribution is -2.31. The smallest absolute Gasteiger partial charge is 0.0629 e. The zero-order chi connectivity index (χ0) is 82.5. The predicted molar refractivity (Wildman–Crippen MR) is 412 cm³/mol. The van der Waals surface area contributed by atoms with Gasteiger partial charge in [0.1, 0.15) is 0 Å². The van der Waals surface area contributed by atoms with Gasteiger partial charge in [-0.15, -0.1) is 0 Å². The summed E-state index contributed by atoms with van der Waals surface area (Å²) in [6.45, 7) is 11.7. The Balaban J connectivity index is 1.13. The van der Waals surface area contributed by atoms with E-state index in [1.165, 1.54) is 0 Å². The van der Waals surface area contributed by atoms with Gasteiger partial charge in [0.2, 0.25) is 0 Å². The molecule has 0 bridgehead atoms. The molecule has 0 saturated heterocycles. The van der Waals surface area contributed by atoms with Crippen LogP contribution in [0.5, 0.6) is 0 Å². The lowest BCUT2D eigenvalue weighted by atomic mass is 9.71. The molecule has 18 rings (SSSR count). The molecule has 0 saturated carbocycles. The van der Waals surface area contributed by atoms with Crippen molar-refractivity contribution in [2.75, 3.05) is 9.80 Å². The van der Waals surface area contributed by atoms with E-state index in [2.05, 4.69) is 83.4 Å². The number of nitrogens with zero attached hydrogens (tertiary/aromatic N) is 3. The Labute approximate surface area is 602 Å². The van der Waals surface area contributed by atoms with E-state index in [0.717, 1.165) is 61.3 Å². The molecule has 0 radical (unpaired) electrons. The summed E-state index contributed by atoms with van der Waals surface area (Å²) < 4.78 is 187. The minimum absolute atomic E-state index is 0.0378. The first-order valence-corrected chi connectivity index (χ1v) is 33.2. The molecule has 14 aromatic carbocycles. The molecule has 3 heterocycles. The fraction of sp³-hybridized carbons (Fsp3) is 0.116. The van der Waals surface area contributed by atoms with Crippen molar-refractivity contribution in [3.63, 3.8) is 0 Å². The van der Waals surface area contributed by atoms with E-state index in [0.29, 0.717) is 68.2 Å². The Morgan fingerprint density at radius 2 is 0.776 bits per heavy atom. The van der Waals surface area contributed by atoms with Crippen LogP contribution in [0.25, 0.3) is 83.1 Å². The van der Waals surface area contributed by atoms with Gasteiger partial charge in [-0.25, -0.2) is 0 Å². The Bertz CT molecular complexity index is 6550. The maximum absolute atomic E-state index is 10.2. The molecule has 3 aliphatic rings. The third kappa shape index (κ3) is 9.69. The predicted octanol–water partition coefficient (Wildman–Crippen LogP) is 25.5. The van der Waals surface area contributed by atoms with E-state index in [1.54, 1.807) is 18.2 Å². The number of hydrogen-bond donors (Lipinski definition) is 0. The quantitative estimate of drug-likeness (QED) is 0.143. The van der Waals surface area contributed by atoms with E-state index in [1.807, 2.05) is 154 Å². The van der Waals surface area contributed by atoms with Crippen molar-refractivity contribution in [3.05, 3.63) is 377 Å². The van der Waals surface area contributed by atoms with Crippen LogP contribution in [0, 0.1) is 0 Å². The van der Waals surface area contributed by atoms with Gasteiger partial charge in [-0.1, -0.05) is 290 Å². The van der Waals surface area contributed by atoms with E-state index in [4.69, 9.17) is 4.11 Å². The topological polar surface area (TPSA) is 11.4 Å². The molecule has 1 unspecified atom stereocenters. The van der Waals surface area contributed by atoms with Gasteiger partial charge in [0.25, 0.3) is 0 Å². The van der Waals surface area contributed by atoms with Crippen LogP contribution in [0.4, 0.5) is 34.1 Å². The summed E-state index contributed by atoms with van der Waals surface area (Å²) in [6, 6.07) is 56.2. The Morgan fingerprint density at radius 3 is 1.28 bits per heavy atom. The Morgan fingerprint density at radius 1 is 0.327 bits per heavy atom. The summed E-state index contributed by atoms with van der Waals surface area (Å²) in [5.74, 6) is -1.55. The number of anilines is 6. The molecule has 3 nitrogen and oxygen atoms in total. The monoisotopic (exact) mass is 1280 g/mol. The number of rotatable bonds is 9. The van der Waals surface area contributed by atoms with E-state index in [-0.39, 0.29) is 68.0 Å². The first-order chi connectivity index (χ1) is 55.8. The van der Waals surface area contributed by atoms with Crippen LogP contribution in [-0.2, 0) is 17.3 Å². The molecule has 0 N–H and O–H groups in total. The first-order valence-electron chi connectivity index (χ1n) is 42.7. The summed E-state index contributed by atoms with van der Waals surface area (Å²) >= 11 is 0. The van der Waals surface area contributed by atoms with Crippen molar-refractivity contribution < 1.29 is 26.0 Å². The lowest BCUT2D eigenvalue weighted by Gasteiger charge is -2.47. The van der Waals surface area contributed by atoms with Gasteiger partial charge in [0.15, 0.2) is 0 Å². The van der Waals surface area contributed by atoms with Gasteiger partial charge in [0.05, 0.1) is 71.2 Å². The highest BCUT2D eigenvalue weighted by Gasteiger charge is 2.45. The second-order valence-electron chi connectivity index (χ2n) is 27.7. The van der Waals surface area contributed by atoms with Crippen molar-refractivity contribution >= 4 is 55.9 Å². The summed E-state index contributed by atoms with van der Waals surface area (Å²) in [6.07, 6.45) is 0.558. The van der Waals surface area contributed by atoms with Crippen molar-refractivity contribution in [2.45, 2.75) is 70.6 Å². The van der Waals surface area contributed by atoms with Crippen LogP contribution in [0.1, 0.15) is 135 Å². The van der Waals surface area contributed by atoms with Gasteiger partial charge < -0.3 is 14.4 Å². The third-order valence-corrected chi connectivity index (χ3v) is 20.0. The number of para-hydroxylation sites is 2. The average Bonchev–Trinajstić information content (AvgIpc) is 1.06. The van der Waals surface area contributed by atoms with Gasteiger partial charge in [0, 0.05) is 56.1 Å². The van der Waals surface area contributed by atoms with Crippen molar-refractivity contribution in [1.29, 1.82) is 0 Å². The Hall–Kier alpha value is -11.5. The van der Waals surface area contributed by atoms with Crippen LogP contribution in [-0.4, -0.2) is 4.57 Å². The molecular weight excluding hydrogens is 1180 g/mol. The highest BCUT2D eigenvalue weighted by Crippen LogP contribution is 2.65. The van der Waals surface area contributed by atoms with Crippen LogP contribution in [0.3, 0.4) is 0 Å². The second kappa shape index (κ2) is 23.1. The number of benzene rings is 14. The fourth-order valence-electron chi connectivity index (χ4n) is 15.4. The van der Waals surface area contributed by atoms with Crippen LogP contribution < -0.4 is 9.80 Å². The molecule has 1 aliphatic carbocycles. The minimum atomic E-state index is -0.901. The number of aromatic nitrogens is 1. The molecule has 470 valence electrons. The average molecular weight is 1280 g/mol. The van der Waals surface area contributed by atoms with Crippen LogP contribution in [0.15, 0.2) is 321 Å². The zero-order valence-electron chi connectivity index (χ0n) is 73.8. The van der Waals surface area contributed by atoms with E-state index >= 15 is 0 Å². The van der Waals surface area contributed by atoms with Gasteiger partial charge in [-0.2, -0.15) is 0 Å². The fourth-order valence-corrected chi connectivity index (χ4v) is 15.4. The van der Waals surface area contributed by atoms with Crippen molar-refractivity contribution in [3.8, 4) is 61.3 Å². The van der Waals surface area contributed by atoms with E-state index in [9.17, 15) is 21.9 Å². The highest BCUT2D eigenvalue weighted by molar-refractivity contribution is 6.11. The molecule has 0 fully saturated rings. The standard InChI is InChI=1S/C95H75N3/c1-94(2,3)70-56-78(62-32-14-8-15-33-62)92(79(57-70)63-34-16-9-17-35-63)97-85-51-48-66(61-30-12-7-13-31-61)53-82(85)90-77-50-49-72(96-83-46-28-26-44-75(83)76-45-27-29-47-84(76)96)60-86(77)98(93-80(64-36-18-10-19-37-64)58-71(95(4,5)6)59-81(93)65-38-20-11-21-39-65)88-55-69(54-87(97)91(88)90)89-73-42-24-22-40-67(73)52-68-41-23-25-43-74(68)89/h7-51,53-60,89-90H,52H2,1-6H3/i8D,10D,11D,14D,15D,16D,17D,18D,19D,20D,21D,32D,33D,34D,35D,36D,37D,38D,39D. The summed E-state index contributed by atoms with van der Waals surface area (Å²) in [4.78, 5) is 3.96. The molecular formula is C95H75N3. The highest BCUT2D eigenvalue weighted by atomic mass is 15.2. The lowest BCUT2D eigenvalue weighted by molar-refractivity contribution is 0.590. The summed E-state index contributed by atoms with van der Waals surface area (Å²) in [5, 5.41) is 1.91. The van der Waals surface area contributed by atoms with E-state index < -0.39 is 125 Å². The first kappa shape index (κ1) is 42.1. The van der Waals surface area contributed by atoms with Crippen molar-refractivity contribution in [1.82, 2.24) is 4.57 Å². The molecule has 1 aromatic heterocycles. The van der Waals surface area contributed by atoms with Gasteiger partial charge in [-0.05, 0) is 173 Å². The zero-order valence-corrected chi connectivity index (χ0v) is 54.8. The number of hydrogen-bond acceptors (Lipinski definition) is 2. The normalized spacial score (nSPS) is 16.7. The Kier molecular flexibility index (Phi) is 9.93. The summed E-state index contributed by atoms with van der Waals surface area (Å²) in [7, 11) is 0. The SMILES string of the molecule is [2H]c1cc([2H])c([2H])c(-c2cc(C(C)(C)C)cc(-c3c([2H])c([2H])c([2H])c([2H])c3[2H])c2N2c3ccc(-c4ccccc4)cc3C3c4ccc(-n5c6ccccc6c6ccccc65)cc4N(c4c(-c5c([2H])c([2H])c([2H])c([2H])c5[2H])cc(C(C)(C)C)cc4-c4c([2H])c([2H])c([2H])c([2H])c4[2H])c4cc(C5c6ccccc6Cc6ccccc65)cc2c43)c1[2H]. The van der Waals surface area contributed by atoms with Gasteiger partial charge in [-0.3, -0.25) is 0 Å². The van der Waals surface area contributed by atoms with Gasteiger partial charge >= 0.3 is 0 Å². The molecule has 15 aromatic rings. The summed E-state index contributed by atoms with van der Waals surface area (Å²) in [5.41, 5.74) is 10.9. The molecule has 98 heavy (non-hydrogen) atoms. The molecule has 0 amide bonds. The largest absolute Gasteiger partial charge is 0.309 e. The number of fused-ring (bicyclic) bond motifs is 9. The maximum atomic E-state index is 10.2. The molecule has 1 atom stereocenters. The molecule has 0 spiro atoms. The van der Waals surface area contributed by atoms with Crippen molar-refractivity contribution in [2.24, 2.45) is 0 Å². The van der Waals surface area contributed by atoms with Crippen LogP contribution in [0.2, 0.25) is 0 Å². The van der Waals surface area contributed by atoms with Crippen LogP contribution >= 0.6 is 0 Å².